The number of methoxy groups -OCH3 is 1. The predicted octanol–water partition coefficient (Wildman–Crippen LogP) is 2.07. The van der Waals surface area contributed by atoms with E-state index in [0.29, 0.717) is 18.4 Å². The minimum Gasteiger partial charge on any atom is -0.370 e. The van der Waals surface area contributed by atoms with Crippen LogP contribution < -0.4 is 10.9 Å². The summed E-state index contributed by atoms with van der Waals surface area (Å²) in [5.41, 5.74) is 0.319. The van der Waals surface area contributed by atoms with Gasteiger partial charge in [0.1, 0.15) is 11.4 Å². The molecule has 0 saturated heterocycles. The first kappa shape index (κ1) is 14.7. The molecular weight excluding hydrogens is 266 g/mol. The largest absolute Gasteiger partial charge is 0.370 e. The van der Waals surface area contributed by atoms with Crippen molar-refractivity contribution >= 4 is 0 Å². The van der Waals surface area contributed by atoms with E-state index in [-0.39, 0.29) is 5.56 Å². The zero-order chi connectivity index (χ0) is 14.9. The van der Waals surface area contributed by atoms with Crippen LogP contribution in [0.5, 0.6) is 0 Å². The van der Waals surface area contributed by atoms with Gasteiger partial charge in [-0.15, -0.1) is 0 Å². The van der Waals surface area contributed by atoms with E-state index in [2.05, 4.69) is 22.2 Å². The topological polar surface area (TPSA) is 67.0 Å². The van der Waals surface area contributed by atoms with E-state index in [1.807, 2.05) is 0 Å². The molecule has 0 bridgehead atoms. The maximum Gasteiger partial charge on any atom is 0.251 e. The minimum absolute atomic E-state index is 0.0809. The van der Waals surface area contributed by atoms with Gasteiger partial charge in [0.05, 0.1) is 5.69 Å². The molecule has 0 radical (unpaired) electrons. The molecule has 2 saturated carbocycles. The monoisotopic (exact) mass is 291 g/mol. The van der Waals surface area contributed by atoms with Gasteiger partial charge in [-0.05, 0) is 44.4 Å². The van der Waals surface area contributed by atoms with Crippen molar-refractivity contribution in [3.8, 4) is 0 Å². The molecule has 21 heavy (non-hydrogen) atoms. The fraction of sp³-hybridized carbons (Fsp3) is 0.750. The Morgan fingerprint density at radius 3 is 2.71 bits per heavy atom. The van der Waals surface area contributed by atoms with Crippen molar-refractivity contribution in [3.05, 3.63) is 27.9 Å². The third-order valence-electron chi connectivity index (χ3n) is 4.85. The van der Waals surface area contributed by atoms with Crippen LogP contribution in [0.15, 0.2) is 10.9 Å². The number of aromatic amines is 1. The molecular formula is C16H25N3O2. The second-order valence-electron chi connectivity index (χ2n) is 6.62. The van der Waals surface area contributed by atoms with E-state index in [9.17, 15) is 4.79 Å². The lowest BCUT2D eigenvalue weighted by Crippen LogP contribution is -2.37. The molecule has 2 aliphatic rings. The van der Waals surface area contributed by atoms with Crippen LogP contribution in [-0.2, 0) is 16.9 Å². The fourth-order valence-corrected chi connectivity index (χ4v) is 3.12. The van der Waals surface area contributed by atoms with Crippen LogP contribution in [-0.4, -0.2) is 23.1 Å². The fourth-order valence-electron chi connectivity index (χ4n) is 3.12. The molecule has 5 heteroatoms. The van der Waals surface area contributed by atoms with E-state index >= 15 is 0 Å². The zero-order valence-electron chi connectivity index (χ0n) is 12.9. The van der Waals surface area contributed by atoms with Crippen LogP contribution in [0.2, 0.25) is 0 Å². The van der Waals surface area contributed by atoms with Crippen molar-refractivity contribution in [3.63, 3.8) is 0 Å². The first-order valence-corrected chi connectivity index (χ1v) is 8.00. The van der Waals surface area contributed by atoms with Crippen molar-refractivity contribution in [2.45, 2.75) is 63.6 Å². The van der Waals surface area contributed by atoms with E-state index in [4.69, 9.17) is 4.74 Å². The third kappa shape index (κ3) is 3.35. The van der Waals surface area contributed by atoms with Crippen LogP contribution in [0.25, 0.3) is 0 Å². The summed E-state index contributed by atoms with van der Waals surface area (Å²) in [7, 11) is 1.73. The maximum atomic E-state index is 12.0. The molecule has 2 N–H and O–H groups in total. The molecule has 0 aliphatic heterocycles. The molecule has 5 nitrogen and oxygen atoms in total. The molecule has 1 aromatic heterocycles. The number of nitrogens with zero attached hydrogens (tertiary/aromatic N) is 1. The van der Waals surface area contributed by atoms with Crippen molar-refractivity contribution in [1.82, 2.24) is 15.3 Å². The van der Waals surface area contributed by atoms with Gasteiger partial charge in [-0.3, -0.25) is 4.79 Å². The number of H-pyrrole nitrogens is 1. The Morgan fingerprint density at radius 1 is 1.38 bits per heavy atom. The number of aromatic nitrogens is 2. The standard InChI is InChI=1S/C16H25N3O2/c1-11-5-7-16(21-2,8-6-11)15-18-13(9-14(20)19-15)10-17-12-3-4-12/h9,11-12,17H,3-8,10H2,1-2H3,(H,18,19,20). The van der Waals surface area contributed by atoms with Crippen molar-refractivity contribution < 1.29 is 4.74 Å². The molecule has 0 atom stereocenters. The predicted molar refractivity (Wildman–Crippen MR) is 81.0 cm³/mol. The Balaban J connectivity index is 1.83. The Morgan fingerprint density at radius 2 is 2.10 bits per heavy atom. The van der Waals surface area contributed by atoms with Gasteiger partial charge in [0.25, 0.3) is 5.56 Å². The molecule has 2 aliphatic carbocycles. The summed E-state index contributed by atoms with van der Waals surface area (Å²) in [5, 5.41) is 3.41. The minimum atomic E-state index is -0.415. The number of rotatable bonds is 5. The van der Waals surface area contributed by atoms with Crippen LogP contribution in [0, 0.1) is 5.92 Å². The quantitative estimate of drug-likeness (QED) is 0.871. The van der Waals surface area contributed by atoms with Crippen LogP contribution in [0.4, 0.5) is 0 Å². The molecule has 0 aromatic carbocycles. The summed E-state index contributed by atoms with van der Waals surface area (Å²) in [5.74, 6) is 1.43. The van der Waals surface area contributed by atoms with Crippen molar-refractivity contribution in [2.24, 2.45) is 5.92 Å². The van der Waals surface area contributed by atoms with Gasteiger partial charge >= 0.3 is 0 Å². The molecule has 2 fully saturated rings. The number of hydrogen-bond donors (Lipinski definition) is 2. The highest BCUT2D eigenvalue weighted by molar-refractivity contribution is 5.10. The van der Waals surface area contributed by atoms with Gasteiger partial charge in [-0.2, -0.15) is 0 Å². The summed E-state index contributed by atoms with van der Waals surface area (Å²) in [6.45, 7) is 2.93. The molecule has 3 rings (SSSR count). The Labute approximate surface area is 125 Å². The highest BCUT2D eigenvalue weighted by Gasteiger charge is 2.38. The molecule has 1 aromatic rings. The van der Waals surface area contributed by atoms with Crippen LogP contribution in [0.3, 0.4) is 0 Å². The second-order valence-corrected chi connectivity index (χ2v) is 6.62. The lowest BCUT2D eigenvalue weighted by Gasteiger charge is -2.37. The van der Waals surface area contributed by atoms with Gasteiger partial charge < -0.3 is 15.0 Å². The SMILES string of the molecule is COC1(c2nc(CNC3CC3)cc(=O)[nH]2)CCC(C)CC1. The van der Waals surface area contributed by atoms with Gasteiger partial charge in [0.2, 0.25) is 0 Å². The molecule has 0 amide bonds. The summed E-state index contributed by atoms with van der Waals surface area (Å²) >= 11 is 0. The van der Waals surface area contributed by atoms with E-state index in [1.54, 1.807) is 13.2 Å². The lowest BCUT2D eigenvalue weighted by atomic mass is 9.79. The highest BCUT2D eigenvalue weighted by Crippen LogP contribution is 2.40. The number of nitrogens with one attached hydrogen (secondary N) is 2. The maximum absolute atomic E-state index is 12.0. The van der Waals surface area contributed by atoms with Crippen LogP contribution >= 0.6 is 0 Å². The lowest BCUT2D eigenvalue weighted by molar-refractivity contribution is -0.0600. The first-order valence-electron chi connectivity index (χ1n) is 8.00. The van der Waals surface area contributed by atoms with Crippen LogP contribution in [0.1, 0.15) is 57.0 Å². The number of ether oxygens (including phenoxy) is 1. The highest BCUT2D eigenvalue weighted by atomic mass is 16.5. The van der Waals surface area contributed by atoms with Crippen molar-refractivity contribution in [2.75, 3.05) is 7.11 Å². The first-order chi connectivity index (χ1) is 10.1. The van der Waals surface area contributed by atoms with Crippen molar-refractivity contribution in [1.29, 1.82) is 0 Å². The van der Waals surface area contributed by atoms with Gasteiger partial charge in [0.15, 0.2) is 0 Å². The number of hydrogen-bond acceptors (Lipinski definition) is 4. The smallest absolute Gasteiger partial charge is 0.251 e. The Kier molecular flexibility index (Phi) is 4.13. The zero-order valence-corrected chi connectivity index (χ0v) is 12.9. The molecule has 1 heterocycles. The van der Waals surface area contributed by atoms with Gasteiger partial charge in [0, 0.05) is 25.8 Å². The van der Waals surface area contributed by atoms with E-state index in [0.717, 1.165) is 37.3 Å². The Hall–Kier alpha value is -1.20. The normalized spacial score (nSPS) is 29.5. The third-order valence-corrected chi connectivity index (χ3v) is 4.85. The summed E-state index contributed by atoms with van der Waals surface area (Å²) in [6, 6.07) is 2.20. The summed E-state index contributed by atoms with van der Waals surface area (Å²) in [6.07, 6.45) is 6.54. The van der Waals surface area contributed by atoms with E-state index in [1.165, 1.54) is 12.8 Å². The average molecular weight is 291 g/mol. The second kappa shape index (κ2) is 5.89. The van der Waals surface area contributed by atoms with E-state index < -0.39 is 5.60 Å². The molecule has 0 unspecified atom stereocenters. The Bertz CT molecular complexity index is 543. The summed E-state index contributed by atoms with van der Waals surface area (Å²) in [4.78, 5) is 19.5. The van der Waals surface area contributed by atoms with Gasteiger partial charge in [-0.1, -0.05) is 6.92 Å². The molecule has 116 valence electrons. The summed E-state index contributed by atoms with van der Waals surface area (Å²) < 4.78 is 5.81. The molecule has 0 spiro atoms. The average Bonchev–Trinajstić information content (AvgIpc) is 3.30. The van der Waals surface area contributed by atoms with Gasteiger partial charge in [-0.25, -0.2) is 4.98 Å².